The van der Waals surface area contributed by atoms with Crippen molar-refractivity contribution in [3.8, 4) is 5.75 Å². The van der Waals surface area contributed by atoms with Crippen LogP contribution in [0.3, 0.4) is 0 Å². The first-order valence-corrected chi connectivity index (χ1v) is 20.4. The number of carbonyl (C=O) groups is 4. The number of nitrogens with zero attached hydrogens (tertiary/aromatic N) is 1. The second-order valence-corrected chi connectivity index (χ2v) is 15.5. The van der Waals surface area contributed by atoms with E-state index in [9.17, 15) is 27.6 Å². The first-order chi connectivity index (χ1) is 26.0. The van der Waals surface area contributed by atoms with Crippen LogP contribution < -0.4 is 15.4 Å². The number of amides is 2. The molecule has 1 saturated carbocycles. The number of methoxy groups -OCH3 is 1. The first kappa shape index (κ1) is 41.1. The fraction of sp³-hybridized carbons (Fsp3) is 0.282. The highest BCUT2D eigenvalue weighted by Crippen LogP contribution is 2.32. The van der Waals surface area contributed by atoms with Gasteiger partial charge in [0.25, 0.3) is 11.8 Å². The third kappa shape index (κ3) is 10.2. The summed E-state index contributed by atoms with van der Waals surface area (Å²) in [6, 6.07) is 24.8. The molecular weight excluding hydrogens is 940 g/mol. The lowest BCUT2D eigenvalue weighted by Crippen LogP contribution is -2.42. The molecule has 1 aliphatic carbocycles. The molecule has 0 aromatic heterocycles. The fourth-order valence-corrected chi connectivity index (χ4v) is 8.81. The lowest BCUT2D eigenvalue weighted by atomic mass is 9.86. The Balaban J connectivity index is 1.25. The van der Waals surface area contributed by atoms with E-state index in [1.165, 1.54) is 41.7 Å². The molecule has 12 nitrogen and oxygen atoms in total. The van der Waals surface area contributed by atoms with E-state index in [0.29, 0.717) is 42.7 Å². The number of sulfonamides is 1. The minimum Gasteiger partial charge on any atom is -0.497 e. The van der Waals surface area contributed by atoms with E-state index in [-0.39, 0.29) is 46.2 Å². The molecule has 0 bridgehead atoms. The number of aryl methyl sites for hydroxylation is 2. The van der Waals surface area contributed by atoms with Gasteiger partial charge in [-0.3, -0.25) is 14.4 Å². The van der Waals surface area contributed by atoms with Gasteiger partial charge in [0.2, 0.25) is 10.0 Å². The Morgan fingerprint density at radius 3 is 2.00 bits per heavy atom. The van der Waals surface area contributed by atoms with E-state index in [1.54, 1.807) is 89.3 Å². The maximum Gasteiger partial charge on any atom is 0.347 e. The van der Waals surface area contributed by atoms with Gasteiger partial charge >= 0.3 is 11.9 Å². The molecule has 0 unspecified atom stereocenters. The number of halogens is 2. The molecule has 0 aliphatic heterocycles. The van der Waals surface area contributed by atoms with Crippen molar-refractivity contribution in [1.29, 1.82) is 0 Å². The van der Waals surface area contributed by atoms with E-state index in [2.05, 4.69) is 10.6 Å². The smallest absolute Gasteiger partial charge is 0.347 e. The number of hydrogen-bond donors (Lipinski definition) is 2. The zero-order chi connectivity index (χ0) is 38.8. The number of benzene rings is 4. The Hall–Kier alpha value is -4.07. The van der Waals surface area contributed by atoms with E-state index >= 15 is 0 Å². The Morgan fingerprint density at radius 1 is 0.759 bits per heavy atom. The minimum absolute atomic E-state index is 0.0295. The second kappa shape index (κ2) is 19.0. The molecule has 0 heterocycles. The average Bonchev–Trinajstić information content (AvgIpc) is 3.20. The molecule has 0 radical (unpaired) electrons. The van der Waals surface area contributed by atoms with Crippen molar-refractivity contribution in [3.63, 3.8) is 0 Å². The third-order valence-corrected chi connectivity index (χ3v) is 12.3. The van der Waals surface area contributed by atoms with Gasteiger partial charge in [0.15, 0.2) is 46.0 Å². The standard InChI is InChI=1S/C39H39I2N3O9S/c1-3-44(31-19-15-28(16-20-31)39(48)53-41)54(49,50)33-6-4-5-29(23-33)36(45)43-35-22-21-32(51-2)24-34(35)37(46)42-30-17-11-26(12-18-30)8-7-25-9-13-27(14-10-25)38(47)52-40/h4-6,9-14,17-18,21-24,28,31H,3,7-8,15-16,19-20H2,1-2H3,(H,42,46)(H,43,45). The van der Waals surface area contributed by atoms with Gasteiger partial charge in [-0.25, -0.2) is 13.2 Å². The molecule has 5 rings (SSSR count). The van der Waals surface area contributed by atoms with Crippen LogP contribution in [0.2, 0.25) is 0 Å². The van der Waals surface area contributed by atoms with Gasteiger partial charge in [-0.15, -0.1) is 0 Å². The molecule has 4 aromatic carbocycles. The van der Waals surface area contributed by atoms with Crippen molar-refractivity contribution < 1.29 is 38.5 Å². The first-order valence-electron chi connectivity index (χ1n) is 17.2. The van der Waals surface area contributed by atoms with Gasteiger partial charge in [0.1, 0.15) is 5.75 Å². The quantitative estimate of drug-likeness (QED) is 0.120. The SMILES string of the molecule is CCN(C1CCC(C(=O)OI)CC1)S(=O)(=O)c1cccc(C(=O)Nc2ccc(OC)cc2C(=O)Nc2ccc(CCc3ccc(C(=O)OI)cc3)cc2)c1. The number of ether oxygens (including phenoxy) is 1. The summed E-state index contributed by atoms with van der Waals surface area (Å²) in [4.78, 5) is 50.8. The summed E-state index contributed by atoms with van der Waals surface area (Å²) >= 11 is 3.14. The molecule has 0 spiro atoms. The molecule has 15 heteroatoms. The van der Waals surface area contributed by atoms with E-state index in [1.807, 2.05) is 24.3 Å². The molecule has 284 valence electrons. The Kier molecular flexibility index (Phi) is 14.5. The summed E-state index contributed by atoms with van der Waals surface area (Å²) in [5.41, 5.74) is 3.59. The van der Waals surface area contributed by atoms with E-state index in [0.717, 1.165) is 24.0 Å². The number of anilines is 2. The molecular formula is C39H39I2N3O9S. The van der Waals surface area contributed by atoms with Crippen LogP contribution in [0.15, 0.2) is 95.9 Å². The third-order valence-electron chi connectivity index (χ3n) is 9.42. The fourth-order valence-electron chi connectivity index (χ4n) is 6.46. The lowest BCUT2D eigenvalue weighted by Gasteiger charge is -2.34. The summed E-state index contributed by atoms with van der Waals surface area (Å²) in [6.07, 6.45) is 3.59. The normalized spacial score (nSPS) is 15.6. The highest BCUT2D eigenvalue weighted by molar-refractivity contribution is 14.1. The molecule has 4 aromatic rings. The lowest BCUT2D eigenvalue weighted by molar-refractivity contribution is -0.137. The van der Waals surface area contributed by atoms with Gasteiger partial charge in [-0.1, -0.05) is 37.3 Å². The van der Waals surface area contributed by atoms with Gasteiger partial charge in [-0.2, -0.15) is 4.31 Å². The summed E-state index contributed by atoms with van der Waals surface area (Å²) in [5, 5.41) is 5.65. The van der Waals surface area contributed by atoms with Crippen LogP contribution in [0.25, 0.3) is 0 Å². The van der Waals surface area contributed by atoms with Gasteiger partial charge in [0.05, 0.1) is 34.7 Å². The molecule has 2 amide bonds. The molecule has 1 aliphatic rings. The van der Waals surface area contributed by atoms with E-state index < -0.39 is 27.8 Å². The minimum atomic E-state index is -3.98. The summed E-state index contributed by atoms with van der Waals surface area (Å²) < 4.78 is 44.0. The predicted molar refractivity (Wildman–Crippen MR) is 220 cm³/mol. The molecule has 0 saturated heterocycles. The van der Waals surface area contributed by atoms with Crippen molar-refractivity contribution in [1.82, 2.24) is 4.31 Å². The zero-order valence-electron chi connectivity index (χ0n) is 29.6. The molecule has 1 fully saturated rings. The largest absolute Gasteiger partial charge is 0.497 e. The predicted octanol–water partition coefficient (Wildman–Crippen LogP) is 7.95. The van der Waals surface area contributed by atoms with Crippen LogP contribution >= 0.6 is 46.0 Å². The highest BCUT2D eigenvalue weighted by Gasteiger charge is 2.35. The maximum atomic E-state index is 13.8. The second-order valence-electron chi connectivity index (χ2n) is 12.7. The van der Waals surface area contributed by atoms with Gasteiger partial charge in [0, 0.05) is 23.8 Å². The van der Waals surface area contributed by atoms with Crippen LogP contribution in [0.5, 0.6) is 5.75 Å². The monoisotopic (exact) mass is 979 g/mol. The number of hydrogen-bond acceptors (Lipinski definition) is 9. The Labute approximate surface area is 342 Å². The number of rotatable bonds is 14. The topological polar surface area (TPSA) is 157 Å². The van der Waals surface area contributed by atoms with E-state index in [4.69, 9.17) is 10.9 Å². The maximum absolute atomic E-state index is 13.8. The zero-order valence-corrected chi connectivity index (χ0v) is 34.7. The molecule has 2 N–H and O–H groups in total. The van der Waals surface area contributed by atoms with Crippen LogP contribution in [0.4, 0.5) is 11.4 Å². The average molecular weight is 980 g/mol. The number of nitrogens with one attached hydrogen (secondary N) is 2. The highest BCUT2D eigenvalue weighted by atomic mass is 127. The van der Waals surface area contributed by atoms with Gasteiger partial charge < -0.3 is 21.5 Å². The summed E-state index contributed by atoms with van der Waals surface area (Å²) in [5.74, 6) is -1.62. The molecule has 54 heavy (non-hydrogen) atoms. The van der Waals surface area contributed by atoms with Crippen molar-refractivity contribution in [3.05, 3.63) is 119 Å². The van der Waals surface area contributed by atoms with Crippen molar-refractivity contribution in [2.75, 3.05) is 24.3 Å². The van der Waals surface area contributed by atoms with Crippen LogP contribution in [-0.4, -0.2) is 56.2 Å². The Morgan fingerprint density at radius 2 is 1.41 bits per heavy atom. The Bertz CT molecular complexity index is 2090. The van der Waals surface area contributed by atoms with Crippen LogP contribution in [-0.2, 0) is 33.8 Å². The van der Waals surface area contributed by atoms with Crippen LogP contribution in [0.1, 0.15) is 74.8 Å². The van der Waals surface area contributed by atoms with Crippen molar-refractivity contribution >= 4 is 91.2 Å². The number of carbonyl (C=O) groups excluding carboxylic acids is 4. The summed E-state index contributed by atoms with van der Waals surface area (Å²) in [7, 11) is -2.51. The van der Waals surface area contributed by atoms with Gasteiger partial charge in [-0.05, 0) is 110 Å². The molecule has 0 atom stereocenters. The summed E-state index contributed by atoms with van der Waals surface area (Å²) in [6.45, 7) is 1.99. The van der Waals surface area contributed by atoms with Crippen molar-refractivity contribution in [2.45, 2.75) is 56.4 Å². The van der Waals surface area contributed by atoms with Crippen LogP contribution in [0, 0.1) is 5.92 Å². The van der Waals surface area contributed by atoms with Crippen molar-refractivity contribution in [2.24, 2.45) is 5.92 Å².